The largest absolute Gasteiger partial charge is 0.481 e. The molecular formula is C11H16N4O4. The third-order valence-corrected chi connectivity index (χ3v) is 3.67. The molecule has 2 atom stereocenters. The van der Waals surface area contributed by atoms with Crippen LogP contribution in [0.1, 0.15) is 12.7 Å². The molecule has 8 heteroatoms. The predicted molar refractivity (Wildman–Crippen MR) is 67.1 cm³/mol. The maximum absolute atomic E-state index is 11.1. The Morgan fingerprint density at radius 2 is 2.16 bits per heavy atom. The lowest BCUT2D eigenvalue weighted by atomic mass is 9.99. The minimum atomic E-state index is -0.864. The first-order chi connectivity index (χ1) is 8.82. The van der Waals surface area contributed by atoms with Gasteiger partial charge in [-0.05, 0) is 15.8 Å². The van der Waals surface area contributed by atoms with E-state index in [-0.39, 0.29) is 18.3 Å². The molecule has 1 N–H and O–H groups in total. The van der Waals surface area contributed by atoms with Gasteiger partial charge in [0.1, 0.15) is 0 Å². The van der Waals surface area contributed by atoms with Crippen LogP contribution in [0.15, 0.2) is 0 Å². The topological polar surface area (TPSA) is 102 Å². The van der Waals surface area contributed by atoms with Gasteiger partial charge in [-0.1, -0.05) is 6.92 Å². The van der Waals surface area contributed by atoms with Gasteiger partial charge in [-0.2, -0.15) is 0 Å². The van der Waals surface area contributed by atoms with Gasteiger partial charge < -0.3 is 20.1 Å². The molecule has 2 rings (SSSR count). The zero-order valence-electron chi connectivity index (χ0n) is 11.0. The Morgan fingerprint density at radius 1 is 1.53 bits per heavy atom. The van der Waals surface area contributed by atoms with Crippen LogP contribution in [0.5, 0.6) is 0 Å². The molecule has 1 aliphatic rings. The molecule has 1 aliphatic heterocycles. The molecule has 19 heavy (non-hydrogen) atoms. The standard InChI is InChI=1S/C11H16N4O4/c1-6-4-14(5-8(6)11(16)17)10-9(15(18)19)12-7(2)13(10)3/h6,8H,4-5H2,1-3H3,(H,16,17). The molecule has 0 spiro atoms. The third kappa shape index (κ3) is 2.13. The average Bonchev–Trinajstić information content (AvgIpc) is 2.81. The average molecular weight is 268 g/mol. The first kappa shape index (κ1) is 13.3. The van der Waals surface area contributed by atoms with Crippen LogP contribution in [-0.4, -0.2) is 38.6 Å². The van der Waals surface area contributed by atoms with E-state index < -0.39 is 16.8 Å². The van der Waals surface area contributed by atoms with Crippen molar-refractivity contribution in [2.24, 2.45) is 18.9 Å². The fourth-order valence-corrected chi connectivity index (χ4v) is 2.52. The number of carboxylic acid groups (broad SMARTS) is 1. The minimum absolute atomic E-state index is 0.0488. The van der Waals surface area contributed by atoms with Gasteiger partial charge >= 0.3 is 11.8 Å². The Bertz CT molecular complexity index is 539. The summed E-state index contributed by atoms with van der Waals surface area (Å²) >= 11 is 0. The number of imidazole rings is 1. The molecule has 2 unspecified atom stereocenters. The molecule has 104 valence electrons. The Kier molecular flexibility index (Phi) is 3.17. The van der Waals surface area contributed by atoms with Gasteiger partial charge in [0.25, 0.3) is 0 Å². The van der Waals surface area contributed by atoms with Crippen molar-refractivity contribution in [3.63, 3.8) is 0 Å². The number of rotatable bonds is 3. The van der Waals surface area contributed by atoms with Gasteiger partial charge in [-0.3, -0.25) is 9.36 Å². The highest BCUT2D eigenvalue weighted by molar-refractivity contribution is 5.73. The third-order valence-electron chi connectivity index (χ3n) is 3.67. The van der Waals surface area contributed by atoms with E-state index in [1.807, 2.05) is 6.92 Å². The van der Waals surface area contributed by atoms with Crippen molar-refractivity contribution in [2.45, 2.75) is 13.8 Å². The Balaban J connectivity index is 2.38. The van der Waals surface area contributed by atoms with E-state index in [1.165, 1.54) is 0 Å². The molecule has 0 aromatic carbocycles. The molecule has 0 radical (unpaired) electrons. The lowest BCUT2D eigenvalue weighted by molar-refractivity contribution is -0.388. The van der Waals surface area contributed by atoms with Crippen molar-refractivity contribution in [1.29, 1.82) is 0 Å². The number of carbonyl (C=O) groups is 1. The van der Waals surface area contributed by atoms with Crippen molar-refractivity contribution in [3.8, 4) is 0 Å². The summed E-state index contributed by atoms with van der Waals surface area (Å²) in [6, 6.07) is 0. The zero-order chi connectivity index (χ0) is 14.3. The van der Waals surface area contributed by atoms with Gasteiger partial charge in [0, 0.05) is 27.1 Å². The second kappa shape index (κ2) is 4.52. The van der Waals surface area contributed by atoms with E-state index in [4.69, 9.17) is 5.11 Å². The summed E-state index contributed by atoms with van der Waals surface area (Å²) in [5.41, 5.74) is 0. The quantitative estimate of drug-likeness (QED) is 0.642. The zero-order valence-corrected chi connectivity index (χ0v) is 11.0. The maximum atomic E-state index is 11.1. The SMILES string of the molecule is Cc1nc([N+](=O)[O-])c(N2CC(C)C(C(=O)O)C2)n1C. The molecule has 0 saturated carbocycles. The number of hydrogen-bond acceptors (Lipinski definition) is 5. The number of carboxylic acids is 1. The van der Waals surface area contributed by atoms with Crippen LogP contribution in [0, 0.1) is 28.9 Å². The van der Waals surface area contributed by atoms with Crippen molar-refractivity contribution < 1.29 is 14.8 Å². The van der Waals surface area contributed by atoms with E-state index >= 15 is 0 Å². The molecule has 1 fully saturated rings. The van der Waals surface area contributed by atoms with Gasteiger partial charge in [-0.25, -0.2) is 0 Å². The molecule has 2 heterocycles. The molecule has 1 saturated heterocycles. The monoisotopic (exact) mass is 268 g/mol. The van der Waals surface area contributed by atoms with E-state index in [0.717, 1.165) is 0 Å². The predicted octanol–water partition coefficient (Wildman–Crippen LogP) is 0.794. The summed E-state index contributed by atoms with van der Waals surface area (Å²) in [6.07, 6.45) is 0. The van der Waals surface area contributed by atoms with Gasteiger partial charge in [-0.15, -0.1) is 0 Å². The molecule has 0 aliphatic carbocycles. The molecule has 1 aromatic heterocycles. The highest BCUT2D eigenvalue weighted by Crippen LogP contribution is 2.34. The maximum Gasteiger partial charge on any atom is 0.406 e. The number of nitro groups is 1. The summed E-state index contributed by atoms with van der Waals surface area (Å²) in [5, 5.41) is 20.1. The molecule has 0 bridgehead atoms. The highest BCUT2D eigenvalue weighted by atomic mass is 16.6. The number of hydrogen-bond donors (Lipinski definition) is 1. The van der Waals surface area contributed by atoms with Crippen LogP contribution in [0.25, 0.3) is 0 Å². The molecular weight excluding hydrogens is 252 g/mol. The smallest absolute Gasteiger partial charge is 0.406 e. The van der Waals surface area contributed by atoms with E-state index in [0.29, 0.717) is 18.2 Å². The number of aryl methyl sites for hydroxylation is 1. The first-order valence-corrected chi connectivity index (χ1v) is 5.98. The summed E-state index contributed by atoms with van der Waals surface area (Å²) in [4.78, 5) is 27.3. The van der Waals surface area contributed by atoms with Gasteiger partial charge in [0.05, 0.1) is 5.92 Å². The fourth-order valence-electron chi connectivity index (χ4n) is 2.52. The van der Waals surface area contributed by atoms with Crippen LogP contribution < -0.4 is 4.90 Å². The Morgan fingerprint density at radius 3 is 2.63 bits per heavy atom. The van der Waals surface area contributed by atoms with Crippen LogP contribution in [-0.2, 0) is 11.8 Å². The molecule has 8 nitrogen and oxygen atoms in total. The number of nitrogens with zero attached hydrogens (tertiary/aromatic N) is 4. The molecule has 0 amide bonds. The minimum Gasteiger partial charge on any atom is -0.481 e. The molecule has 1 aromatic rings. The van der Waals surface area contributed by atoms with Crippen molar-refractivity contribution >= 4 is 17.6 Å². The summed E-state index contributed by atoms with van der Waals surface area (Å²) in [7, 11) is 1.70. The van der Waals surface area contributed by atoms with E-state index in [1.54, 1.807) is 23.4 Å². The number of anilines is 1. The second-order valence-electron chi connectivity index (χ2n) is 4.95. The van der Waals surface area contributed by atoms with Gasteiger partial charge in [0.2, 0.25) is 11.6 Å². The van der Waals surface area contributed by atoms with Crippen molar-refractivity contribution in [1.82, 2.24) is 9.55 Å². The normalized spacial score (nSPS) is 22.8. The number of aromatic nitrogens is 2. The summed E-state index contributed by atoms with van der Waals surface area (Å²) in [5.74, 6) is -0.705. The van der Waals surface area contributed by atoms with Crippen molar-refractivity contribution in [2.75, 3.05) is 18.0 Å². The Hall–Kier alpha value is -2.12. The van der Waals surface area contributed by atoms with Crippen LogP contribution >= 0.6 is 0 Å². The van der Waals surface area contributed by atoms with Crippen LogP contribution in [0.2, 0.25) is 0 Å². The highest BCUT2D eigenvalue weighted by Gasteiger charge is 2.39. The van der Waals surface area contributed by atoms with Crippen LogP contribution in [0.4, 0.5) is 11.6 Å². The van der Waals surface area contributed by atoms with Crippen LogP contribution in [0.3, 0.4) is 0 Å². The summed E-state index contributed by atoms with van der Waals surface area (Å²) < 4.78 is 1.63. The lowest BCUT2D eigenvalue weighted by Crippen LogP contribution is -2.25. The van der Waals surface area contributed by atoms with Gasteiger partial charge in [0.15, 0.2) is 0 Å². The van der Waals surface area contributed by atoms with Crippen molar-refractivity contribution in [3.05, 3.63) is 15.9 Å². The lowest BCUT2D eigenvalue weighted by Gasteiger charge is -2.17. The fraction of sp³-hybridized carbons (Fsp3) is 0.636. The first-order valence-electron chi connectivity index (χ1n) is 5.98. The number of aliphatic carboxylic acids is 1. The van der Waals surface area contributed by atoms with E-state index in [9.17, 15) is 14.9 Å². The summed E-state index contributed by atoms with van der Waals surface area (Å²) in [6.45, 7) is 4.28. The second-order valence-corrected chi connectivity index (χ2v) is 4.95. The van der Waals surface area contributed by atoms with E-state index in [2.05, 4.69) is 4.98 Å². The Labute approximate surface area is 109 Å².